The standard InChI is InChI=1S/C13H21N5OS/c1-8-10(11(14)20)13(17(3)16-8)18-6-4-9(5-7-18)12(19)15-2/h9H,4-7H2,1-3H3,(H2,14,20)(H,15,19). The van der Waals surface area contributed by atoms with E-state index in [0.29, 0.717) is 4.99 Å². The van der Waals surface area contributed by atoms with Crippen molar-refractivity contribution in [3.05, 3.63) is 11.3 Å². The van der Waals surface area contributed by atoms with Gasteiger partial charge in [-0.05, 0) is 19.8 Å². The van der Waals surface area contributed by atoms with Crippen LogP contribution in [0.1, 0.15) is 24.1 Å². The fraction of sp³-hybridized carbons (Fsp3) is 0.615. The van der Waals surface area contributed by atoms with E-state index < -0.39 is 0 Å². The molecule has 0 bridgehead atoms. The monoisotopic (exact) mass is 295 g/mol. The summed E-state index contributed by atoms with van der Waals surface area (Å²) in [7, 11) is 3.58. The molecule has 2 heterocycles. The van der Waals surface area contributed by atoms with E-state index in [9.17, 15) is 4.79 Å². The number of anilines is 1. The second-order valence-electron chi connectivity index (χ2n) is 5.15. The normalized spacial score (nSPS) is 16.2. The zero-order chi connectivity index (χ0) is 14.9. The number of hydrogen-bond donors (Lipinski definition) is 2. The van der Waals surface area contributed by atoms with Crippen LogP contribution in [0.4, 0.5) is 5.82 Å². The first-order valence-corrected chi connectivity index (χ1v) is 7.16. The van der Waals surface area contributed by atoms with Crippen LogP contribution in [0, 0.1) is 12.8 Å². The Labute approximate surface area is 124 Å². The maximum absolute atomic E-state index is 11.7. The van der Waals surface area contributed by atoms with E-state index >= 15 is 0 Å². The topological polar surface area (TPSA) is 76.2 Å². The molecule has 1 saturated heterocycles. The van der Waals surface area contributed by atoms with Crippen molar-refractivity contribution in [2.75, 3.05) is 25.0 Å². The summed E-state index contributed by atoms with van der Waals surface area (Å²) in [5, 5.41) is 7.12. The highest BCUT2D eigenvalue weighted by atomic mass is 32.1. The number of nitrogens with one attached hydrogen (secondary N) is 1. The Morgan fingerprint density at radius 1 is 1.45 bits per heavy atom. The molecule has 110 valence electrons. The van der Waals surface area contributed by atoms with Crippen LogP contribution in [0.2, 0.25) is 0 Å². The van der Waals surface area contributed by atoms with E-state index in [1.807, 2.05) is 18.7 Å². The number of aryl methyl sites for hydroxylation is 2. The third kappa shape index (κ3) is 2.63. The molecular weight excluding hydrogens is 274 g/mol. The molecule has 0 saturated carbocycles. The molecule has 0 atom stereocenters. The van der Waals surface area contributed by atoms with E-state index in [0.717, 1.165) is 43.0 Å². The summed E-state index contributed by atoms with van der Waals surface area (Å²) in [4.78, 5) is 14.3. The Morgan fingerprint density at radius 2 is 2.05 bits per heavy atom. The number of piperidine rings is 1. The first-order valence-electron chi connectivity index (χ1n) is 6.75. The van der Waals surface area contributed by atoms with Gasteiger partial charge >= 0.3 is 0 Å². The smallest absolute Gasteiger partial charge is 0.222 e. The molecule has 1 fully saturated rings. The lowest BCUT2D eigenvalue weighted by molar-refractivity contribution is -0.125. The van der Waals surface area contributed by atoms with Crippen LogP contribution < -0.4 is 16.0 Å². The SMILES string of the molecule is CNC(=O)C1CCN(c2c(C(N)=S)c(C)nn2C)CC1. The molecule has 1 aromatic heterocycles. The van der Waals surface area contributed by atoms with Crippen molar-refractivity contribution in [3.8, 4) is 0 Å². The van der Waals surface area contributed by atoms with Crippen LogP contribution in [0.5, 0.6) is 0 Å². The molecular formula is C13H21N5OS. The number of thiocarbonyl (C=S) groups is 1. The van der Waals surface area contributed by atoms with Gasteiger partial charge in [0.05, 0.1) is 11.3 Å². The van der Waals surface area contributed by atoms with Gasteiger partial charge in [0.25, 0.3) is 0 Å². The molecule has 1 aliphatic rings. The van der Waals surface area contributed by atoms with Gasteiger partial charge in [-0.1, -0.05) is 12.2 Å². The van der Waals surface area contributed by atoms with E-state index in [1.54, 1.807) is 7.05 Å². The Hall–Kier alpha value is -1.63. The highest BCUT2D eigenvalue weighted by Crippen LogP contribution is 2.28. The highest BCUT2D eigenvalue weighted by molar-refractivity contribution is 7.80. The lowest BCUT2D eigenvalue weighted by Gasteiger charge is -2.33. The maximum atomic E-state index is 11.7. The predicted molar refractivity (Wildman–Crippen MR) is 82.8 cm³/mol. The first-order chi connectivity index (χ1) is 9.45. The zero-order valence-corrected chi connectivity index (χ0v) is 13.0. The maximum Gasteiger partial charge on any atom is 0.222 e. The number of carbonyl (C=O) groups excluding carboxylic acids is 1. The second kappa shape index (κ2) is 5.78. The number of amides is 1. The number of rotatable bonds is 3. The molecule has 20 heavy (non-hydrogen) atoms. The van der Waals surface area contributed by atoms with Gasteiger partial charge < -0.3 is 16.0 Å². The highest BCUT2D eigenvalue weighted by Gasteiger charge is 2.28. The summed E-state index contributed by atoms with van der Waals surface area (Å²) in [5.41, 5.74) is 7.52. The lowest BCUT2D eigenvalue weighted by Crippen LogP contribution is -2.41. The average Bonchev–Trinajstić information content (AvgIpc) is 2.72. The Morgan fingerprint density at radius 3 is 2.55 bits per heavy atom. The van der Waals surface area contributed by atoms with Crippen LogP contribution in [0.3, 0.4) is 0 Å². The number of nitrogens with two attached hydrogens (primary N) is 1. The third-order valence-corrected chi connectivity index (χ3v) is 4.05. The molecule has 1 amide bonds. The van der Waals surface area contributed by atoms with Gasteiger partial charge in [-0.15, -0.1) is 0 Å². The molecule has 0 aromatic carbocycles. The molecule has 3 N–H and O–H groups in total. The fourth-order valence-corrected chi connectivity index (χ4v) is 3.09. The van der Waals surface area contributed by atoms with Crippen molar-refractivity contribution in [2.45, 2.75) is 19.8 Å². The summed E-state index contributed by atoms with van der Waals surface area (Å²) in [6.45, 7) is 3.54. The van der Waals surface area contributed by atoms with Gasteiger partial charge in [-0.3, -0.25) is 9.48 Å². The van der Waals surface area contributed by atoms with Gasteiger partial charge in [0.2, 0.25) is 5.91 Å². The molecule has 0 spiro atoms. The molecule has 1 aromatic rings. The quantitative estimate of drug-likeness (QED) is 0.786. The van der Waals surface area contributed by atoms with Crippen molar-refractivity contribution < 1.29 is 4.79 Å². The third-order valence-electron chi connectivity index (χ3n) is 3.85. The average molecular weight is 295 g/mol. The largest absolute Gasteiger partial charge is 0.389 e. The molecule has 0 unspecified atom stereocenters. The summed E-state index contributed by atoms with van der Waals surface area (Å²) < 4.78 is 1.82. The van der Waals surface area contributed by atoms with Crippen LogP contribution in [0.25, 0.3) is 0 Å². The Balaban J connectivity index is 2.19. The van der Waals surface area contributed by atoms with E-state index in [2.05, 4.69) is 15.3 Å². The van der Waals surface area contributed by atoms with Crippen molar-refractivity contribution in [2.24, 2.45) is 18.7 Å². The summed E-state index contributed by atoms with van der Waals surface area (Å²) in [5.74, 6) is 1.18. The summed E-state index contributed by atoms with van der Waals surface area (Å²) in [6, 6.07) is 0. The predicted octanol–water partition coefficient (Wildman–Crippen LogP) is 0.325. The Bertz CT molecular complexity index is 531. The minimum absolute atomic E-state index is 0.0962. The van der Waals surface area contributed by atoms with Crippen molar-refractivity contribution in [3.63, 3.8) is 0 Å². The molecule has 2 rings (SSSR count). The molecule has 7 heteroatoms. The Kier molecular flexibility index (Phi) is 4.27. The van der Waals surface area contributed by atoms with Gasteiger partial charge in [-0.2, -0.15) is 5.10 Å². The van der Waals surface area contributed by atoms with Gasteiger partial charge in [-0.25, -0.2) is 0 Å². The number of aromatic nitrogens is 2. The lowest BCUT2D eigenvalue weighted by atomic mass is 9.96. The van der Waals surface area contributed by atoms with Crippen molar-refractivity contribution in [1.82, 2.24) is 15.1 Å². The van der Waals surface area contributed by atoms with E-state index in [4.69, 9.17) is 18.0 Å². The molecule has 0 aliphatic carbocycles. The fourth-order valence-electron chi connectivity index (χ4n) is 2.85. The number of hydrogen-bond acceptors (Lipinski definition) is 4. The number of nitrogens with zero attached hydrogens (tertiary/aromatic N) is 3. The molecule has 6 nitrogen and oxygen atoms in total. The molecule has 1 aliphatic heterocycles. The number of carbonyl (C=O) groups is 1. The van der Waals surface area contributed by atoms with Gasteiger partial charge in [0.15, 0.2) is 0 Å². The van der Waals surface area contributed by atoms with Crippen LogP contribution >= 0.6 is 12.2 Å². The van der Waals surface area contributed by atoms with Crippen LogP contribution in [-0.4, -0.2) is 40.8 Å². The van der Waals surface area contributed by atoms with Crippen molar-refractivity contribution in [1.29, 1.82) is 0 Å². The molecule has 0 radical (unpaired) electrons. The zero-order valence-electron chi connectivity index (χ0n) is 12.1. The summed E-state index contributed by atoms with van der Waals surface area (Å²) in [6.07, 6.45) is 1.67. The van der Waals surface area contributed by atoms with E-state index in [-0.39, 0.29) is 11.8 Å². The minimum atomic E-state index is 0.0962. The van der Waals surface area contributed by atoms with E-state index in [1.165, 1.54) is 0 Å². The van der Waals surface area contributed by atoms with Gasteiger partial charge in [0, 0.05) is 33.1 Å². The first kappa shape index (κ1) is 14.8. The second-order valence-corrected chi connectivity index (χ2v) is 5.59. The summed E-state index contributed by atoms with van der Waals surface area (Å²) >= 11 is 5.14. The van der Waals surface area contributed by atoms with Crippen LogP contribution in [-0.2, 0) is 11.8 Å². The van der Waals surface area contributed by atoms with Crippen molar-refractivity contribution >= 4 is 28.9 Å². The minimum Gasteiger partial charge on any atom is -0.389 e. The van der Waals surface area contributed by atoms with Gasteiger partial charge in [0.1, 0.15) is 10.8 Å². The van der Waals surface area contributed by atoms with Crippen LogP contribution in [0.15, 0.2) is 0 Å².